The average molecular weight is 300 g/mol. The normalized spacial score (nSPS) is 16.1. The van der Waals surface area contributed by atoms with Gasteiger partial charge in [0.15, 0.2) is 0 Å². The van der Waals surface area contributed by atoms with Gasteiger partial charge in [0, 0.05) is 0 Å². The Morgan fingerprint density at radius 1 is 1.30 bits per heavy atom. The lowest BCUT2D eigenvalue weighted by Crippen LogP contribution is -2.47. The number of nitrogens with two attached hydrogens (primary N) is 1. The van der Waals surface area contributed by atoms with Crippen molar-refractivity contribution >= 4 is 24.2 Å². The SMILES string of the molecule is Cl.NCC(=O)NCC(=O)NC1COc2ccccc2C1. The highest BCUT2D eigenvalue weighted by atomic mass is 35.5. The van der Waals surface area contributed by atoms with Crippen LogP contribution in [0.2, 0.25) is 0 Å². The van der Waals surface area contributed by atoms with E-state index in [1.165, 1.54) is 0 Å². The Morgan fingerprint density at radius 2 is 2.05 bits per heavy atom. The standard InChI is InChI=1S/C13H17N3O3.ClH/c14-6-12(17)15-7-13(18)16-10-5-9-3-1-2-4-11(9)19-8-10;/h1-4,10H,5-8,14H2,(H,15,17)(H,16,18);1H. The Labute approximate surface area is 123 Å². The Morgan fingerprint density at radius 3 is 2.80 bits per heavy atom. The van der Waals surface area contributed by atoms with E-state index < -0.39 is 0 Å². The number of halogens is 1. The van der Waals surface area contributed by atoms with Crippen LogP contribution >= 0.6 is 12.4 Å². The van der Waals surface area contributed by atoms with E-state index in [-0.39, 0.29) is 43.4 Å². The highest BCUT2D eigenvalue weighted by Gasteiger charge is 2.20. The third kappa shape index (κ3) is 4.40. The highest BCUT2D eigenvalue weighted by Crippen LogP contribution is 2.23. The molecular formula is C13H18ClN3O3. The Hall–Kier alpha value is -1.79. The predicted molar refractivity (Wildman–Crippen MR) is 76.9 cm³/mol. The first-order valence-corrected chi connectivity index (χ1v) is 6.16. The third-order valence-corrected chi connectivity index (χ3v) is 2.88. The lowest BCUT2D eigenvalue weighted by molar-refractivity contribution is -0.125. The van der Waals surface area contributed by atoms with Gasteiger partial charge in [-0.1, -0.05) is 18.2 Å². The van der Waals surface area contributed by atoms with Crippen LogP contribution in [0.5, 0.6) is 5.75 Å². The number of hydrogen-bond donors (Lipinski definition) is 3. The van der Waals surface area contributed by atoms with Crippen LogP contribution in [0.1, 0.15) is 5.56 Å². The second-order valence-corrected chi connectivity index (χ2v) is 4.37. The van der Waals surface area contributed by atoms with Crippen molar-refractivity contribution in [1.29, 1.82) is 0 Å². The number of hydrogen-bond acceptors (Lipinski definition) is 4. The molecule has 2 amide bonds. The first-order valence-electron chi connectivity index (χ1n) is 6.16. The zero-order valence-electron chi connectivity index (χ0n) is 10.9. The Balaban J connectivity index is 0.00000200. The molecule has 1 unspecified atom stereocenters. The summed E-state index contributed by atoms with van der Waals surface area (Å²) in [7, 11) is 0. The van der Waals surface area contributed by atoms with E-state index in [2.05, 4.69) is 10.6 Å². The summed E-state index contributed by atoms with van der Waals surface area (Å²) in [6, 6.07) is 7.67. The summed E-state index contributed by atoms with van der Waals surface area (Å²) in [5.74, 6) is 0.277. The second kappa shape index (κ2) is 7.72. The van der Waals surface area contributed by atoms with Gasteiger partial charge in [0.2, 0.25) is 11.8 Å². The summed E-state index contributed by atoms with van der Waals surface area (Å²) in [5, 5.41) is 5.24. The van der Waals surface area contributed by atoms with Gasteiger partial charge in [-0.3, -0.25) is 9.59 Å². The van der Waals surface area contributed by atoms with Gasteiger partial charge in [0.25, 0.3) is 0 Å². The van der Waals surface area contributed by atoms with Crippen LogP contribution in [0, 0.1) is 0 Å². The number of benzene rings is 1. The van der Waals surface area contributed by atoms with Crippen molar-refractivity contribution in [3.63, 3.8) is 0 Å². The van der Waals surface area contributed by atoms with Gasteiger partial charge in [-0.25, -0.2) is 0 Å². The van der Waals surface area contributed by atoms with Gasteiger partial charge >= 0.3 is 0 Å². The molecule has 1 atom stereocenters. The summed E-state index contributed by atoms with van der Waals surface area (Å²) in [4.78, 5) is 22.6. The minimum Gasteiger partial charge on any atom is -0.491 e. The number of ether oxygens (including phenoxy) is 1. The molecule has 0 bridgehead atoms. The van der Waals surface area contributed by atoms with Crippen molar-refractivity contribution < 1.29 is 14.3 Å². The van der Waals surface area contributed by atoms with E-state index in [9.17, 15) is 9.59 Å². The number of amides is 2. The summed E-state index contributed by atoms with van der Waals surface area (Å²) in [5.41, 5.74) is 6.21. The van der Waals surface area contributed by atoms with Crippen LogP contribution in [0.3, 0.4) is 0 Å². The Bertz CT molecular complexity index is 482. The van der Waals surface area contributed by atoms with E-state index >= 15 is 0 Å². The molecule has 1 aromatic rings. The van der Waals surface area contributed by atoms with Crippen molar-refractivity contribution in [2.75, 3.05) is 19.7 Å². The number of nitrogens with one attached hydrogen (secondary N) is 2. The first kappa shape index (κ1) is 16.3. The van der Waals surface area contributed by atoms with E-state index in [1.54, 1.807) is 0 Å². The van der Waals surface area contributed by atoms with Crippen molar-refractivity contribution in [3.05, 3.63) is 29.8 Å². The maximum absolute atomic E-state index is 11.6. The quantitative estimate of drug-likeness (QED) is 0.705. The topological polar surface area (TPSA) is 93.5 Å². The van der Waals surface area contributed by atoms with Crippen molar-refractivity contribution in [2.24, 2.45) is 5.73 Å². The molecule has 6 nitrogen and oxygen atoms in total. The summed E-state index contributed by atoms with van der Waals surface area (Å²) < 4.78 is 5.56. The van der Waals surface area contributed by atoms with E-state index in [1.807, 2.05) is 24.3 Å². The number of rotatable bonds is 4. The lowest BCUT2D eigenvalue weighted by Gasteiger charge is -2.26. The molecule has 1 heterocycles. The van der Waals surface area contributed by atoms with Crippen LogP contribution in [0.15, 0.2) is 24.3 Å². The third-order valence-electron chi connectivity index (χ3n) is 2.88. The summed E-state index contributed by atoms with van der Waals surface area (Å²) in [6.07, 6.45) is 0.729. The number of para-hydroxylation sites is 1. The molecule has 1 aliphatic rings. The molecule has 7 heteroatoms. The first-order chi connectivity index (χ1) is 9.19. The smallest absolute Gasteiger partial charge is 0.239 e. The molecule has 4 N–H and O–H groups in total. The number of carbonyl (C=O) groups is 2. The van der Waals surface area contributed by atoms with Crippen LogP contribution in [0.4, 0.5) is 0 Å². The lowest BCUT2D eigenvalue weighted by atomic mass is 10.0. The highest BCUT2D eigenvalue weighted by molar-refractivity contribution is 5.85. The van der Waals surface area contributed by atoms with Crippen molar-refractivity contribution in [1.82, 2.24) is 10.6 Å². The molecular weight excluding hydrogens is 282 g/mol. The van der Waals surface area contributed by atoms with Gasteiger partial charge < -0.3 is 21.1 Å². The maximum Gasteiger partial charge on any atom is 0.239 e. The van der Waals surface area contributed by atoms with Crippen LogP contribution in [-0.4, -0.2) is 37.6 Å². The van der Waals surface area contributed by atoms with E-state index in [0.717, 1.165) is 17.7 Å². The van der Waals surface area contributed by atoms with Crippen molar-refractivity contribution in [2.45, 2.75) is 12.5 Å². The minimum absolute atomic E-state index is 0. The molecule has 0 spiro atoms. The zero-order chi connectivity index (χ0) is 13.7. The zero-order valence-corrected chi connectivity index (χ0v) is 11.7. The Kier molecular flexibility index (Phi) is 6.27. The van der Waals surface area contributed by atoms with E-state index in [0.29, 0.717) is 6.61 Å². The van der Waals surface area contributed by atoms with Gasteiger partial charge in [0.05, 0.1) is 19.1 Å². The number of fused-ring (bicyclic) bond motifs is 1. The molecule has 1 aliphatic heterocycles. The predicted octanol–water partition coefficient (Wildman–Crippen LogP) is -0.397. The molecule has 0 fully saturated rings. The molecule has 0 saturated carbocycles. The van der Waals surface area contributed by atoms with Gasteiger partial charge in [0.1, 0.15) is 12.4 Å². The fourth-order valence-electron chi connectivity index (χ4n) is 1.95. The fourth-order valence-corrected chi connectivity index (χ4v) is 1.95. The summed E-state index contributed by atoms with van der Waals surface area (Å²) in [6.45, 7) is 0.259. The second-order valence-electron chi connectivity index (χ2n) is 4.37. The van der Waals surface area contributed by atoms with E-state index in [4.69, 9.17) is 10.5 Å². The molecule has 0 aromatic heterocycles. The molecule has 110 valence electrons. The van der Waals surface area contributed by atoms with Crippen LogP contribution < -0.4 is 21.1 Å². The van der Waals surface area contributed by atoms with Crippen LogP contribution in [-0.2, 0) is 16.0 Å². The molecule has 1 aromatic carbocycles. The molecule has 2 rings (SSSR count). The molecule has 0 aliphatic carbocycles. The van der Waals surface area contributed by atoms with Gasteiger partial charge in [-0.15, -0.1) is 12.4 Å². The molecule has 0 radical (unpaired) electrons. The molecule has 20 heavy (non-hydrogen) atoms. The van der Waals surface area contributed by atoms with Gasteiger partial charge in [-0.2, -0.15) is 0 Å². The largest absolute Gasteiger partial charge is 0.491 e. The minimum atomic E-state index is -0.347. The monoisotopic (exact) mass is 299 g/mol. The summed E-state index contributed by atoms with van der Waals surface area (Å²) >= 11 is 0. The fraction of sp³-hybridized carbons (Fsp3) is 0.385. The van der Waals surface area contributed by atoms with Gasteiger partial charge in [-0.05, 0) is 18.1 Å². The van der Waals surface area contributed by atoms with Crippen LogP contribution in [0.25, 0.3) is 0 Å². The van der Waals surface area contributed by atoms with Crippen molar-refractivity contribution in [3.8, 4) is 5.75 Å². The average Bonchev–Trinajstić information content (AvgIpc) is 2.44. The number of carbonyl (C=O) groups excluding carboxylic acids is 2. The maximum atomic E-state index is 11.6. The molecule has 0 saturated heterocycles.